The second-order valence-electron chi connectivity index (χ2n) is 8.36. The monoisotopic (exact) mass is 425 g/mol. The molecule has 30 heavy (non-hydrogen) atoms. The topological polar surface area (TPSA) is 18.8 Å². The van der Waals surface area contributed by atoms with E-state index < -0.39 is 0 Å². The van der Waals surface area contributed by atoms with Gasteiger partial charge in [-0.25, -0.2) is 4.39 Å². The van der Waals surface area contributed by atoms with Crippen LogP contribution < -0.4 is 9.80 Å². The van der Waals surface area contributed by atoms with E-state index in [1.54, 1.807) is 12.1 Å². The van der Waals surface area contributed by atoms with Crippen molar-refractivity contribution >= 4 is 28.7 Å². The summed E-state index contributed by atoms with van der Waals surface area (Å²) in [6.07, 6.45) is 8.52. The highest BCUT2D eigenvalue weighted by molar-refractivity contribution is 6.33. The van der Waals surface area contributed by atoms with E-state index >= 15 is 0 Å². The Bertz CT molecular complexity index is 947. The average molecular weight is 426 g/mol. The first-order valence-corrected chi connectivity index (χ1v) is 11.2. The minimum atomic E-state index is -0.142. The normalized spacial score (nSPS) is 19.9. The predicted octanol–water partition coefficient (Wildman–Crippen LogP) is 6.47. The van der Waals surface area contributed by atoms with Gasteiger partial charge in [-0.2, -0.15) is 0 Å². The minimum Gasteiger partial charge on any atom is -0.370 e. The van der Waals surface area contributed by atoms with Gasteiger partial charge in [-0.3, -0.25) is 4.99 Å². The molecule has 0 radical (unpaired) electrons. The molecular weight excluding hydrogens is 397 g/mol. The Morgan fingerprint density at radius 3 is 2.63 bits per heavy atom. The van der Waals surface area contributed by atoms with Crippen LogP contribution in [-0.2, 0) is 6.42 Å². The Labute approximate surface area is 183 Å². The number of hydrogen-bond acceptors (Lipinski definition) is 3. The quantitative estimate of drug-likeness (QED) is 0.546. The summed E-state index contributed by atoms with van der Waals surface area (Å²) >= 11 is 6.69. The molecule has 2 aliphatic heterocycles. The highest BCUT2D eigenvalue weighted by Crippen LogP contribution is 2.35. The van der Waals surface area contributed by atoms with Crippen molar-refractivity contribution in [2.45, 2.75) is 45.7 Å². The predicted molar refractivity (Wildman–Crippen MR) is 125 cm³/mol. The van der Waals surface area contributed by atoms with Gasteiger partial charge in [0.25, 0.3) is 0 Å². The second kappa shape index (κ2) is 9.22. The van der Waals surface area contributed by atoms with E-state index in [-0.39, 0.29) is 12.0 Å². The number of aliphatic imine (C=N–C) groups is 1. The lowest BCUT2D eigenvalue weighted by atomic mass is 9.90. The number of aryl methyl sites for hydroxylation is 1. The van der Waals surface area contributed by atoms with Crippen LogP contribution in [0.25, 0.3) is 0 Å². The Hall–Kier alpha value is -2.33. The first-order chi connectivity index (χ1) is 14.5. The second-order valence-corrected chi connectivity index (χ2v) is 8.77. The number of piperidine rings is 1. The first kappa shape index (κ1) is 20.9. The molecule has 3 nitrogen and oxygen atoms in total. The van der Waals surface area contributed by atoms with E-state index in [0.29, 0.717) is 5.92 Å². The SMILES string of the molecule is CC1=NC(C)N(c2ccc(N3CCC(CCc4cccc(F)c4)CC3)c(Cl)c2)C=C1. The van der Waals surface area contributed by atoms with Gasteiger partial charge in [-0.05, 0) is 87.4 Å². The van der Waals surface area contributed by atoms with Crippen LogP contribution in [-0.4, -0.2) is 25.0 Å². The minimum absolute atomic E-state index is 0.0748. The molecular formula is C25H29ClFN3. The van der Waals surface area contributed by atoms with Gasteiger partial charge in [0.05, 0.1) is 10.7 Å². The van der Waals surface area contributed by atoms with Crippen molar-refractivity contribution in [3.63, 3.8) is 0 Å². The zero-order chi connectivity index (χ0) is 21.1. The molecule has 0 aromatic heterocycles. The lowest BCUT2D eigenvalue weighted by molar-refractivity contribution is 0.382. The smallest absolute Gasteiger partial charge is 0.123 e. The highest BCUT2D eigenvalue weighted by atomic mass is 35.5. The molecule has 1 atom stereocenters. The zero-order valence-electron chi connectivity index (χ0n) is 17.7. The van der Waals surface area contributed by atoms with Crippen LogP contribution in [0.3, 0.4) is 0 Å². The van der Waals surface area contributed by atoms with Gasteiger partial charge >= 0.3 is 0 Å². The van der Waals surface area contributed by atoms with E-state index in [1.165, 1.54) is 6.07 Å². The summed E-state index contributed by atoms with van der Waals surface area (Å²) in [7, 11) is 0. The third-order valence-corrected chi connectivity index (χ3v) is 6.49. The molecule has 2 aromatic rings. The van der Waals surface area contributed by atoms with E-state index in [0.717, 1.165) is 66.4 Å². The van der Waals surface area contributed by atoms with Gasteiger partial charge < -0.3 is 9.80 Å². The molecule has 158 valence electrons. The van der Waals surface area contributed by atoms with Gasteiger partial charge in [-0.1, -0.05) is 23.7 Å². The van der Waals surface area contributed by atoms with E-state index in [1.807, 2.05) is 25.1 Å². The summed E-state index contributed by atoms with van der Waals surface area (Å²) in [5.74, 6) is 0.541. The Balaban J connectivity index is 1.34. The summed E-state index contributed by atoms with van der Waals surface area (Å²) in [6, 6.07) is 13.3. The zero-order valence-corrected chi connectivity index (χ0v) is 18.4. The largest absolute Gasteiger partial charge is 0.370 e. The van der Waals surface area contributed by atoms with Crippen molar-refractivity contribution in [3.05, 3.63) is 71.1 Å². The van der Waals surface area contributed by atoms with Crippen LogP contribution in [0.15, 0.2) is 59.7 Å². The van der Waals surface area contributed by atoms with E-state index in [9.17, 15) is 4.39 Å². The number of benzene rings is 2. The highest BCUT2D eigenvalue weighted by Gasteiger charge is 2.22. The van der Waals surface area contributed by atoms with E-state index in [4.69, 9.17) is 11.6 Å². The maximum Gasteiger partial charge on any atom is 0.123 e. The Kier molecular flexibility index (Phi) is 6.43. The number of halogens is 2. The van der Waals surface area contributed by atoms with Gasteiger partial charge in [0, 0.05) is 30.7 Å². The summed E-state index contributed by atoms with van der Waals surface area (Å²) in [4.78, 5) is 9.15. The number of allylic oxidation sites excluding steroid dienone is 1. The lowest BCUT2D eigenvalue weighted by Crippen LogP contribution is -2.34. The van der Waals surface area contributed by atoms with Gasteiger partial charge in [0.2, 0.25) is 0 Å². The van der Waals surface area contributed by atoms with Crippen molar-refractivity contribution in [1.29, 1.82) is 0 Å². The molecule has 0 aliphatic carbocycles. The molecule has 2 aromatic carbocycles. The fraction of sp³-hybridized carbons (Fsp3) is 0.400. The van der Waals surface area contributed by atoms with Crippen molar-refractivity contribution in [2.75, 3.05) is 22.9 Å². The van der Waals surface area contributed by atoms with Crippen LogP contribution in [0.5, 0.6) is 0 Å². The Morgan fingerprint density at radius 2 is 1.93 bits per heavy atom. The molecule has 0 bridgehead atoms. The Morgan fingerprint density at radius 1 is 1.13 bits per heavy atom. The molecule has 2 aliphatic rings. The fourth-order valence-corrected chi connectivity index (χ4v) is 4.75. The fourth-order valence-electron chi connectivity index (χ4n) is 4.45. The van der Waals surface area contributed by atoms with Crippen LogP contribution in [0, 0.1) is 11.7 Å². The summed E-state index contributed by atoms with van der Waals surface area (Å²) in [6.45, 7) is 6.12. The maximum absolute atomic E-state index is 13.4. The van der Waals surface area contributed by atoms with Crippen LogP contribution in [0.2, 0.25) is 5.02 Å². The van der Waals surface area contributed by atoms with E-state index in [2.05, 4.69) is 40.0 Å². The van der Waals surface area contributed by atoms with Gasteiger partial charge in [0.15, 0.2) is 0 Å². The number of anilines is 2. The van der Waals surface area contributed by atoms with Crippen LogP contribution in [0.1, 0.15) is 38.7 Å². The first-order valence-electron chi connectivity index (χ1n) is 10.8. The molecule has 0 N–H and O–H groups in total. The molecule has 1 fully saturated rings. The number of nitrogens with zero attached hydrogens (tertiary/aromatic N) is 3. The van der Waals surface area contributed by atoms with Crippen molar-refractivity contribution in [3.8, 4) is 0 Å². The van der Waals surface area contributed by atoms with Gasteiger partial charge in [0.1, 0.15) is 12.0 Å². The standard InChI is InChI=1S/C25H29ClFN3/c1-18-10-15-30(19(2)28-18)23-8-9-25(24(26)17-23)29-13-11-20(12-14-29)6-7-21-4-3-5-22(27)16-21/h3-5,8-10,15-17,19-20H,6-7,11-14H2,1-2H3. The van der Waals surface area contributed by atoms with Crippen molar-refractivity contribution in [2.24, 2.45) is 10.9 Å². The molecule has 0 spiro atoms. The van der Waals surface area contributed by atoms with Crippen molar-refractivity contribution < 1.29 is 4.39 Å². The molecule has 5 heteroatoms. The van der Waals surface area contributed by atoms with Crippen molar-refractivity contribution in [1.82, 2.24) is 0 Å². The average Bonchev–Trinajstić information content (AvgIpc) is 2.73. The molecule has 2 heterocycles. The number of rotatable bonds is 5. The van der Waals surface area contributed by atoms with Crippen LogP contribution in [0.4, 0.5) is 15.8 Å². The summed E-state index contributed by atoms with van der Waals surface area (Å²) in [5, 5.41) is 0.789. The van der Waals surface area contributed by atoms with Gasteiger partial charge in [-0.15, -0.1) is 0 Å². The third-order valence-electron chi connectivity index (χ3n) is 6.18. The maximum atomic E-state index is 13.4. The molecule has 1 unspecified atom stereocenters. The molecule has 4 rings (SSSR count). The molecule has 0 saturated carbocycles. The number of hydrogen-bond donors (Lipinski definition) is 0. The van der Waals surface area contributed by atoms with Crippen LogP contribution >= 0.6 is 11.6 Å². The molecule has 0 amide bonds. The lowest BCUT2D eigenvalue weighted by Gasteiger charge is -2.35. The summed E-state index contributed by atoms with van der Waals surface area (Å²) < 4.78 is 13.4. The third kappa shape index (κ3) is 4.86. The summed E-state index contributed by atoms with van der Waals surface area (Å²) in [5.41, 5.74) is 4.31. The molecule has 1 saturated heterocycles.